The summed E-state index contributed by atoms with van der Waals surface area (Å²) in [5.41, 5.74) is 11.2. The van der Waals surface area contributed by atoms with E-state index in [1.165, 1.54) is 5.56 Å². The Morgan fingerprint density at radius 1 is 0.923 bits per heavy atom. The third kappa shape index (κ3) is 6.56. The summed E-state index contributed by atoms with van der Waals surface area (Å²) in [7, 11) is 0. The molecule has 39 heavy (non-hydrogen) atoms. The first-order valence-corrected chi connectivity index (χ1v) is 14.2. The topological polar surface area (TPSA) is 97.1 Å². The monoisotopic (exact) mass is 524 g/mol. The quantitative estimate of drug-likeness (QED) is 0.333. The predicted molar refractivity (Wildman–Crippen MR) is 157 cm³/mol. The second-order valence-electron chi connectivity index (χ2n) is 12.4. The van der Waals surface area contributed by atoms with E-state index in [0.29, 0.717) is 18.2 Å². The first-order chi connectivity index (χ1) is 18.6. The van der Waals surface area contributed by atoms with E-state index in [4.69, 9.17) is 5.73 Å². The second kappa shape index (κ2) is 10.9. The summed E-state index contributed by atoms with van der Waals surface area (Å²) in [4.78, 5) is 29.9. The number of rotatable bonds is 7. The lowest BCUT2D eigenvalue weighted by atomic mass is 9.83. The van der Waals surface area contributed by atoms with E-state index in [1.807, 2.05) is 51.2 Å². The number of nitrogens with two attached hydrogens (primary N) is 1. The molecule has 2 amide bonds. The molecule has 3 aromatic rings. The van der Waals surface area contributed by atoms with Crippen molar-refractivity contribution in [3.63, 3.8) is 0 Å². The van der Waals surface area contributed by atoms with Crippen LogP contribution in [0.1, 0.15) is 71.3 Å². The highest BCUT2D eigenvalue weighted by atomic mass is 16.2. The SMILES string of the molecule is CC(C)(C)C(=O)N[C@H]1CC[C@H](CC(=O)Nc2cc(-c3ccccc3)c(-c3ccc(C4(N)CC4)cc3)cn2)CC1. The van der Waals surface area contributed by atoms with Crippen molar-refractivity contribution in [1.29, 1.82) is 0 Å². The summed E-state index contributed by atoms with van der Waals surface area (Å²) in [6.45, 7) is 5.80. The van der Waals surface area contributed by atoms with E-state index in [-0.39, 0.29) is 28.8 Å². The van der Waals surface area contributed by atoms with Crippen LogP contribution in [0, 0.1) is 11.3 Å². The largest absolute Gasteiger partial charge is 0.353 e. The maximum atomic E-state index is 13.0. The molecule has 5 rings (SSSR count). The highest BCUT2D eigenvalue weighted by Gasteiger charge is 2.39. The Morgan fingerprint density at radius 2 is 1.56 bits per heavy atom. The molecule has 204 valence electrons. The average molecular weight is 525 g/mol. The van der Waals surface area contributed by atoms with E-state index in [9.17, 15) is 9.59 Å². The number of nitrogens with zero attached hydrogens (tertiary/aromatic N) is 1. The molecule has 1 heterocycles. The molecular formula is C33H40N4O2. The summed E-state index contributed by atoms with van der Waals surface area (Å²) in [5.74, 6) is 0.953. The third-order valence-corrected chi connectivity index (χ3v) is 8.15. The molecule has 0 spiro atoms. The molecule has 2 aromatic carbocycles. The van der Waals surface area contributed by atoms with E-state index >= 15 is 0 Å². The van der Waals surface area contributed by atoms with Gasteiger partial charge in [0.15, 0.2) is 0 Å². The number of aromatic nitrogens is 1. The molecule has 1 aromatic heterocycles. The minimum absolute atomic E-state index is 0.0153. The lowest BCUT2D eigenvalue weighted by Crippen LogP contribution is -2.43. The summed E-state index contributed by atoms with van der Waals surface area (Å²) in [6.07, 6.45) is 8.08. The molecular weight excluding hydrogens is 484 g/mol. The molecule has 2 saturated carbocycles. The van der Waals surface area contributed by atoms with Crippen molar-refractivity contribution in [1.82, 2.24) is 10.3 Å². The number of amides is 2. The van der Waals surface area contributed by atoms with Gasteiger partial charge in [0.1, 0.15) is 5.82 Å². The Kier molecular flexibility index (Phi) is 7.59. The fourth-order valence-electron chi connectivity index (χ4n) is 5.38. The van der Waals surface area contributed by atoms with Gasteiger partial charge in [-0.3, -0.25) is 9.59 Å². The van der Waals surface area contributed by atoms with Crippen molar-refractivity contribution >= 4 is 17.6 Å². The Morgan fingerprint density at radius 3 is 2.18 bits per heavy atom. The third-order valence-electron chi connectivity index (χ3n) is 8.15. The van der Waals surface area contributed by atoms with Crippen molar-refractivity contribution in [2.45, 2.75) is 77.3 Å². The van der Waals surface area contributed by atoms with Gasteiger partial charge in [-0.2, -0.15) is 0 Å². The number of hydrogen-bond donors (Lipinski definition) is 3. The summed E-state index contributed by atoms with van der Waals surface area (Å²) >= 11 is 0. The molecule has 2 fully saturated rings. The van der Waals surface area contributed by atoms with Gasteiger partial charge in [-0.1, -0.05) is 75.4 Å². The summed E-state index contributed by atoms with van der Waals surface area (Å²) < 4.78 is 0. The number of hydrogen-bond acceptors (Lipinski definition) is 4. The Labute approximate surface area is 231 Å². The molecule has 6 nitrogen and oxygen atoms in total. The normalized spacial score (nSPS) is 20.2. The first-order valence-electron chi connectivity index (χ1n) is 14.2. The highest BCUT2D eigenvalue weighted by molar-refractivity contribution is 5.92. The van der Waals surface area contributed by atoms with Crippen LogP contribution in [0.2, 0.25) is 0 Å². The van der Waals surface area contributed by atoms with Crippen LogP contribution < -0.4 is 16.4 Å². The van der Waals surface area contributed by atoms with Crippen LogP contribution in [-0.2, 0) is 15.1 Å². The summed E-state index contributed by atoms with van der Waals surface area (Å²) in [5, 5.41) is 6.21. The standard InChI is InChI=1S/C33H40N4O2/c1-32(2,3)31(39)36-26-15-9-22(10-16-26)19-30(38)37-29-20-27(23-7-5-4-6-8-23)28(21-35-29)24-11-13-25(14-12-24)33(34)17-18-33/h4-8,11-14,20-22,26H,9-10,15-19,34H2,1-3H3,(H,36,39)(H,35,37,38)/t22-,26-. The molecule has 2 aliphatic rings. The Bertz CT molecular complexity index is 1320. The number of pyridine rings is 1. The van der Waals surface area contributed by atoms with Gasteiger partial charge in [0.25, 0.3) is 0 Å². The van der Waals surface area contributed by atoms with Crippen LogP contribution in [-0.4, -0.2) is 22.8 Å². The van der Waals surface area contributed by atoms with Gasteiger partial charge in [-0.15, -0.1) is 0 Å². The highest BCUT2D eigenvalue weighted by Crippen LogP contribution is 2.43. The van der Waals surface area contributed by atoms with Crippen LogP contribution in [0.3, 0.4) is 0 Å². The number of carbonyl (C=O) groups excluding carboxylic acids is 2. The van der Waals surface area contributed by atoms with Crippen LogP contribution in [0.15, 0.2) is 66.9 Å². The van der Waals surface area contributed by atoms with Crippen LogP contribution >= 0.6 is 0 Å². The molecule has 0 atom stereocenters. The van der Waals surface area contributed by atoms with Crippen LogP contribution in [0.5, 0.6) is 0 Å². The molecule has 0 bridgehead atoms. The van der Waals surface area contributed by atoms with E-state index in [0.717, 1.165) is 60.8 Å². The van der Waals surface area contributed by atoms with Crippen molar-refractivity contribution in [2.24, 2.45) is 17.1 Å². The van der Waals surface area contributed by atoms with Gasteiger partial charge in [-0.05, 0) is 72.8 Å². The van der Waals surface area contributed by atoms with E-state index in [1.54, 1.807) is 0 Å². The molecule has 0 radical (unpaired) electrons. The molecule has 4 N–H and O–H groups in total. The zero-order valence-corrected chi connectivity index (χ0v) is 23.3. The smallest absolute Gasteiger partial charge is 0.225 e. The van der Waals surface area contributed by atoms with Crippen molar-refractivity contribution in [3.8, 4) is 22.3 Å². The summed E-state index contributed by atoms with van der Waals surface area (Å²) in [6, 6.07) is 20.8. The maximum Gasteiger partial charge on any atom is 0.225 e. The zero-order chi connectivity index (χ0) is 27.6. The molecule has 6 heteroatoms. The molecule has 0 saturated heterocycles. The predicted octanol–water partition coefficient (Wildman–Crippen LogP) is 6.41. The fourth-order valence-corrected chi connectivity index (χ4v) is 5.38. The average Bonchev–Trinajstić information content (AvgIpc) is 3.68. The number of anilines is 1. The number of nitrogens with one attached hydrogen (secondary N) is 2. The number of carbonyl (C=O) groups is 2. The second-order valence-corrected chi connectivity index (χ2v) is 12.4. The Hall–Kier alpha value is -3.51. The van der Waals surface area contributed by atoms with Gasteiger partial charge in [0.2, 0.25) is 11.8 Å². The fraction of sp³-hybridized carbons (Fsp3) is 0.424. The minimum Gasteiger partial charge on any atom is -0.353 e. The van der Waals surface area contributed by atoms with Crippen LogP contribution in [0.25, 0.3) is 22.3 Å². The van der Waals surface area contributed by atoms with Crippen LogP contribution in [0.4, 0.5) is 5.82 Å². The molecule has 0 unspecified atom stereocenters. The maximum absolute atomic E-state index is 13.0. The lowest BCUT2D eigenvalue weighted by Gasteiger charge is -2.31. The van der Waals surface area contributed by atoms with Crippen molar-refractivity contribution < 1.29 is 9.59 Å². The molecule has 2 aliphatic carbocycles. The van der Waals surface area contributed by atoms with Gasteiger partial charge in [0, 0.05) is 35.2 Å². The molecule has 0 aliphatic heterocycles. The zero-order valence-electron chi connectivity index (χ0n) is 23.3. The minimum atomic E-state index is -0.384. The first kappa shape index (κ1) is 27.1. The van der Waals surface area contributed by atoms with Gasteiger partial charge >= 0.3 is 0 Å². The van der Waals surface area contributed by atoms with Crippen molar-refractivity contribution in [2.75, 3.05) is 5.32 Å². The van der Waals surface area contributed by atoms with E-state index in [2.05, 4.69) is 52.0 Å². The number of benzene rings is 2. The van der Waals surface area contributed by atoms with Gasteiger partial charge < -0.3 is 16.4 Å². The van der Waals surface area contributed by atoms with Gasteiger partial charge in [0.05, 0.1) is 0 Å². The van der Waals surface area contributed by atoms with Gasteiger partial charge in [-0.25, -0.2) is 4.98 Å². The Balaban J connectivity index is 1.25. The van der Waals surface area contributed by atoms with Crippen molar-refractivity contribution in [3.05, 3.63) is 72.4 Å². The van der Waals surface area contributed by atoms with E-state index < -0.39 is 0 Å². The lowest BCUT2D eigenvalue weighted by molar-refractivity contribution is -0.129.